The van der Waals surface area contributed by atoms with Gasteiger partial charge in [-0.2, -0.15) is 13.2 Å². The Morgan fingerprint density at radius 1 is 1.21 bits per heavy atom. The van der Waals surface area contributed by atoms with E-state index in [1.54, 1.807) is 24.3 Å². The fourth-order valence-electron chi connectivity index (χ4n) is 1.87. The standard InChI is InChI=1S/C17H13Cl2F3N2O4/c1-9(28-12-4-2-11(18)3-5-12)16(26)27-8-14(25)24-15-13(19)6-10(7-23-15)17(20,21)22/h2-7,9H,8H2,1H3,(H,23,24,25)/t9-/m0/s1. The predicted molar refractivity (Wildman–Crippen MR) is 95.4 cm³/mol. The van der Waals surface area contributed by atoms with Gasteiger partial charge in [-0.1, -0.05) is 23.2 Å². The number of hydrogen-bond donors (Lipinski definition) is 1. The molecule has 1 N–H and O–H groups in total. The normalized spacial score (nSPS) is 12.2. The smallest absolute Gasteiger partial charge is 0.417 e. The molecule has 0 unspecified atom stereocenters. The van der Waals surface area contributed by atoms with E-state index < -0.39 is 41.3 Å². The molecule has 2 aromatic rings. The van der Waals surface area contributed by atoms with Crippen molar-refractivity contribution in [2.24, 2.45) is 0 Å². The van der Waals surface area contributed by atoms with Crippen LogP contribution in [-0.4, -0.2) is 29.6 Å². The molecule has 150 valence electrons. The zero-order valence-corrected chi connectivity index (χ0v) is 15.7. The number of halogens is 5. The second-order valence-corrected chi connectivity index (χ2v) is 6.27. The van der Waals surface area contributed by atoms with Crippen LogP contribution in [0.2, 0.25) is 10.0 Å². The Balaban J connectivity index is 1.86. The number of carbonyl (C=O) groups excluding carboxylic acids is 2. The molecule has 28 heavy (non-hydrogen) atoms. The minimum Gasteiger partial charge on any atom is -0.479 e. The van der Waals surface area contributed by atoms with Gasteiger partial charge in [0.2, 0.25) is 0 Å². The van der Waals surface area contributed by atoms with E-state index in [-0.39, 0.29) is 5.82 Å². The highest BCUT2D eigenvalue weighted by molar-refractivity contribution is 6.33. The molecule has 1 atom stereocenters. The van der Waals surface area contributed by atoms with Crippen molar-refractivity contribution < 1.29 is 32.2 Å². The summed E-state index contributed by atoms with van der Waals surface area (Å²) in [7, 11) is 0. The minimum atomic E-state index is -4.62. The molecule has 0 aliphatic carbocycles. The Labute approximate surface area is 167 Å². The highest BCUT2D eigenvalue weighted by Crippen LogP contribution is 2.32. The quantitative estimate of drug-likeness (QED) is 0.680. The molecule has 0 saturated heterocycles. The zero-order valence-electron chi connectivity index (χ0n) is 14.2. The molecular formula is C17H13Cl2F3N2O4. The van der Waals surface area contributed by atoms with E-state index in [9.17, 15) is 22.8 Å². The van der Waals surface area contributed by atoms with Gasteiger partial charge in [-0.15, -0.1) is 0 Å². The lowest BCUT2D eigenvalue weighted by atomic mass is 10.3. The second kappa shape index (κ2) is 9.11. The average molecular weight is 437 g/mol. The van der Waals surface area contributed by atoms with Crippen LogP contribution in [0.3, 0.4) is 0 Å². The molecule has 1 amide bonds. The lowest BCUT2D eigenvalue weighted by molar-refractivity contribution is -0.153. The summed E-state index contributed by atoms with van der Waals surface area (Å²) in [5.41, 5.74) is -1.06. The number of aromatic nitrogens is 1. The molecule has 0 aliphatic heterocycles. The number of carbonyl (C=O) groups is 2. The number of pyridine rings is 1. The number of amides is 1. The van der Waals surface area contributed by atoms with Crippen molar-refractivity contribution in [2.75, 3.05) is 11.9 Å². The number of ether oxygens (including phenoxy) is 2. The van der Waals surface area contributed by atoms with Gasteiger partial charge in [-0.3, -0.25) is 4.79 Å². The molecule has 6 nitrogen and oxygen atoms in total. The first-order chi connectivity index (χ1) is 13.1. The molecule has 0 radical (unpaired) electrons. The highest BCUT2D eigenvalue weighted by atomic mass is 35.5. The summed E-state index contributed by atoms with van der Waals surface area (Å²) in [5, 5.41) is 2.24. The van der Waals surface area contributed by atoms with Crippen molar-refractivity contribution in [1.82, 2.24) is 4.98 Å². The molecule has 1 heterocycles. The van der Waals surface area contributed by atoms with Crippen LogP contribution in [0.4, 0.5) is 19.0 Å². The third kappa shape index (κ3) is 6.28. The number of benzene rings is 1. The van der Waals surface area contributed by atoms with Crippen LogP contribution in [0.5, 0.6) is 5.75 Å². The lowest BCUT2D eigenvalue weighted by Gasteiger charge is -2.14. The van der Waals surface area contributed by atoms with Crippen molar-refractivity contribution in [3.8, 4) is 5.75 Å². The summed E-state index contributed by atoms with van der Waals surface area (Å²) in [6, 6.07) is 6.87. The van der Waals surface area contributed by atoms with E-state index in [1.165, 1.54) is 6.92 Å². The van der Waals surface area contributed by atoms with Crippen LogP contribution in [-0.2, 0) is 20.5 Å². The first-order valence-corrected chi connectivity index (χ1v) is 8.43. The molecule has 0 saturated carbocycles. The molecule has 1 aromatic carbocycles. The molecule has 1 aromatic heterocycles. The number of nitrogens with zero attached hydrogens (tertiary/aromatic N) is 1. The Bertz CT molecular complexity index is 860. The summed E-state index contributed by atoms with van der Waals surface area (Å²) in [6.07, 6.45) is -5.11. The highest BCUT2D eigenvalue weighted by Gasteiger charge is 2.31. The Kier molecular flexibility index (Phi) is 7.09. The molecule has 0 aliphatic rings. The molecule has 0 fully saturated rings. The van der Waals surface area contributed by atoms with Gasteiger partial charge in [-0.05, 0) is 37.3 Å². The maximum absolute atomic E-state index is 12.6. The molecule has 2 rings (SSSR count). The third-order valence-electron chi connectivity index (χ3n) is 3.23. The predicted octanol–water partition coefficient (Wildman–Crippen LogP) is 4.36. The van der Waals surface area contributed by atoms with E-state index in [4.69, 9.17) is 32.7 Å². The van der Waals surface area contributed by atoms with Gasteiger partial charge in [0.15, 0.2) is 18.5 Å². The van der Waals surface area contributed by atoms with Crippen molar-refractivity contribution >= 4 is 40.9 Å². The summed E-state index contributed by atoms with van der Waals surface area (Å²) < 4.78 is 47.8. The van der Waals surface area contributed by atoms with Crippen LogP contribution < -0.4 is 10.1 Å². The van der Waals surface area contributed by atoms with Gasteiger partial charge in [0, 0.05) is 11.2 Å². The minimum absolute atomic E-state index is 0.291. The Morgan fingerprint density at radius 3 is 2.43 bits per heavy atom. The maximum atomic E-state index is 12.6. The number of anilines is 1. The van der Waals surface area contributed by atoms with Crippen LogP contribution in [0.25, 0.3) is 0 Å². The molecular weight excluding hydrogens is 424 g/mol. The van der Waals surface area contributed by atoms with Gasteiger partial charge < -0.3 is 14.8 Å². The van der Waals surface area contributed by atoms with Crippen LogP contribution in [0.1, 0.15) is 12.5 Å². The van der Waals surface area contributed by atoms with Crippen LogP contribution >= 0.6 is 23.2 Å². The molecule has 11 heteroatoms. The van der Waals surface area contributed by atoms with Crippen LogP contribution in [0.15, 0.2) is 36.5 Å². The molecule has 0 spiro atoms. The van der Waals surface area contributed by atoms with Crippen molar-refractivity contribution in [2.45, 2.75) is 19.2 Å². The fourth-order valence-corrected chi connectivity index (χ4v) is 2.21. The summed E-state index contributed by atoms with van der Waals surface area (Å²) in [5.74, 6) is -1.57. The third-order valence-corrected chi connectivity index (χ3v) is 3.77. The number of nitrogens with one attached hydrogen (secondary N) is 1. The molecule has 0 bridgehead atoms. The van der Waals surface area contributed by atoms with Gasteiger partial charge in [0.25, 0.3) is 5.91 Å². The van der Waals surface area contributed by atoms with Gasteiger partial charge >= 0.3 is 12.1 Å². The number of hydrogen-bond acceptors (Lipinski definition) is 5. The monoisotopic (exact) mass is 436 g/mol. The van der Waals surface area contributed by atoms with Gasteiger partial charge in [0.05, 0.1) is 10.6 Å². The summed E-state index contributed by atoms with van der Waals surface area (Å²) in [4.78, 5) is 27.1. The van der Waals surface area contributed by atoms with E-state index in [2.05, 4.69) is 10.3 Å². The second-order valence-electron chi connectivity index (χ2n) is 5.42. The van der Waals surface area contributed by atoms with E-state index in [1.807, 2.05) is 0 Å². The van der Waals surface area contributed by atoms with Crippen LogP contribution in [0, 0.1) is 0 Å². The zero-order chi connectivity index (χ0) is 20.9. The largest absolute Gasteiger partial charge is 0.479 e. The summed E-state index contributed by atoms with van der Waals surface area (Å²) in [6.45, 7) is 0.718. The SMILES string of the molecule is C[C@H](Oc1ccc(Cl)cc1)C(=O)OCC(=O)Nc1ncc(C(F)(F)F)cc1Cl. The van der Waals surface area contributed by atoms with Gasteiger partial charge in [-0.25, -0.2) is 9.78 Å². The average Bonchev–Trinajstić information content (AvgIpc) is 2.62. The topological polar surface area (TPSA) is 77.5 Å². The van der Waals surface area contributed by atoms with E-state index in [0.29, 0.717) is 23.0 Å². The number of alkyl halides is 3. The summed E-state index contributed by atoms with van der Waals surface area (Å²) >= 11 is 11.4. The van der Waals surface area contributed by atoms with Crippen molar-refractivity contribution in [3.05, 3.63) is 52.1 Å². The van der Waals surface area contributed by atoms with E-state index in [0.717, 1.165) is 0 Å². The first kappa shape index (κ1) is 21.8. The first-order valence-electron chi connectivity index (χ1n) is 7.67. The maximum Gasteiger partial charge on any atom is 0.417 e. The Hall–Kier alpha value is -2.52. The number of rotatable bonds is 6. The van der Waals surface area contributed by atoms with E-state index >= 15 is 0 Å². The van der Waals surface area contributed by atoms with Crippen molar-refractivity contribution in [3.63, 3.8) is 0 Å². The van der Waals surface area contributed by atoms with Gasteiger partial charge in [0.1, 0.15) is 5.75 Å². The Morgan fingerprint density at radius 2 is 1.86 bits per heavy atom. The number of esters is 1. The van der Waals surface area contributed by atoms with Crippen molar-refractivity contribution in [1.29, 1.82) is 0 Å². The fraction of sp³-hybridized carbons (Fsp3) is 0.235. The lowest BCUT2D eigenvalue weighted by Crippen LogP contribution is -2.30.